The van der Waals surface area contributed by atoms with E-state index in [-0.39, 0.29) is 0 Å². The highest BCUT2D eigenvalue weighted by molar-refractivity contribution is 7.09. The molecular weight excluding hydrogens is 196 g/mol. The van der Waals surface area contributed by atoms with Crippen molar-refractivity contribution in [1.29, 1.82) is 0 Å². The van der Waals surface area contributed by atoms with E-state index in [0.29, 0.717) is 5.92 Å². The van der Waals surface area contributed by atoms with Gasteiger partial charge in [-0.3, -0.25) is 0 Å². The van der Waals surface area contributed by atoms with Crippen LogP contribution in [-0.2, 0) is 11.2 Å². The predicted octanol–water partition coefficient (Wildman–Crippen LogP) is 1.41. The van der Waals surface area contributed by atoms with Gasteiger partial charge >= 0.3 is 0 Å². The van der Waals surface area contributed by atoms with Gasteiger partial charge in [-0.15, -0.1) is 11.3 Å². The van der Waals surface area contributed by atoms with Crippen molar-refractivity contribution in [3.8, 4) is 0 Å². The molecule has 4 heteroatoms. The summed E-state index contributed by atoms with van der Waals surface area (Å²) in [5.41, 5.74) is 1.23. The van der Waals surface area contributed by atoms with Gasteiger partial charge in [-0.1, -0.05) is 0 Å². The molecule has 0 aromatic carbocycles. The zero-order valence-corrected chi connectivity index (χ0v) is 9.27. The topological polar surface area (TPSA) is 34.2 Å². The summed E-state index contributed by atoms with van der Waals surface area (Å²) in [5, 5.41) is 6.56. The highest BCUT2D eigenvalue weighted by Crippen LogP contribution is 2.26. The van der Waals surface area contributed by atoms with Crippen LogP contribution in [0.5, 0.6) is 0 Å². The number of nitrogens with zero attached hydrogens (tertiary/aromatic N) is 1. The van der Waals surface area contributed by atoms with Crippen LogP contribution in [0.15, 0.2) is 5.38 Å². The average Bonchev–Trinajstić information content (AvgIpc) is 2.85. The first-order chi connectivity index (χ1) is 6.90. The van der Waals surface area contributed by atoms with Crippen LogP contribution in [0.2, 0.25) is 0 Å². The van der Waals surface area contributed by atoms with E-state index >= 15 is 0 Å². The Morgan fingerprint density at radius 3 is 3.36 bits per heavy atom. The van der Waals surface area contributed by atoms with Crippen LogP contribution < -0.4 is 5.32 Å². The molecule has 2 rings (SSSR count). The van der Waals surface area contributed by atoms with Gasteiger partial charge in [0, 0.05) is 30.9 Å². The van der Waals surface area contributed by atoms with Gasteiger partial charge in [0.1, 0.15) is 0 Å². The first-order valence-corrected chi connectivity index (χ1v) is 5.94. The quantitative estimate of drug-likeness (QED) is 0.819. The highest BCUT2D eigenvalue weighted by atomic mass is 32.1. The average molecular weight is 212 g/mol. The van der Waals surface area contributed by atoms with Crippen LogP contribution in [0, 0.1) is 0 Å². The first kappa shape index (κ1) is 10.1. The van der Waals surface area contributed by atoms with Crippen molar-refractivity contribution in [3.05, 3.63) is 16.1 Å². The Hall–Kier alpha value is -0.450. The van der Waals surface area contributed by atoms with Crippen LogP contribution in [-0.4, -0.2) is 31.8 Å². The minimum Gasteiger partial charge on any atom is -0.381 e. The van der Waals surface area contributed by atoms with Gasteiger partial charge in [0.15, 0.2) is 0 Å². The molecular formula is C10H16N2OS. The summed E-state index contributed by atoms with van der Waals surface area (Å²) in [5.74, 6) is 0.551. The fourth-order valence-corrected chi connectivity index (χ4v) is 2.51. The van der Waals surface area contributed by atoms with Crippen molar-refractivity contribution in [3.63, 3.8) is 0 Å². The number of hydrogen-bond donors (Lipinski definition) is 1. The summed E-state index contributed by atoms with van der Waals surface area (Å²) in [6, 6.07) is 0. The lowest BCUT2D eigenvalue weighted by Crippen LogP contribution is -2.10. The lowest BCUT2D eigenvalue weighted by molar-refractivity contribution is 0.193. The molecule has 0 amide bonds. The fraction of sp³-hybridized carbons (Fsp3) is 0.700. The summed E-state index contributed by atoms with van der Waals surface area (Å²) in [6.07, 6.45) is 2.17. The van der Waals surface area contributed by atoms with Crippen molar-refractivity contribution in [2.24, 2.45) is 0 Å². The van der Waals surface area contributed by atoms with E-state index in [9.17, 15) is 0 Å². The zero-order valence-electron chi connectivity index (χ0n) is 8.45. The summed E-state index contributed by atoms with van der Waals surface area (Å²) in [6.45, 7) is 2.76. The van der Waals surface area contributed by atoms with Gasteiger partial charge in [0.05, 0.1) is 17.3 Å². The molecule has 1 aromatic rings. The number of nitrogens with one attached hydrogen (secondary N) is 1. The van der Waals surface area contributed by atoms with E-state index in [0.717, 1.165) is 32.6 Å². The van der Waals surface area contributed by atoms with Crippen molar-refractivity contribution in [2.75, 3.05) is 26.8 Å². The molecule has 2 heterocycles. The number of likely N-dealkylation sites (N-methyl/N-ethyl adjacent to an activating group) is 1. The molecule has 1 atom stereocenters. The molecule has 0 radical (unpaired) electrons. The number of hydrogen-bond acceptors (Lipinski definition) is 4. The molecule has 1 saturated heterocycles. The SMILES string of the molecule is CNCCc1nc(C2CCOC2)cs1. The second kappa shape index (κ2) is 4.87. The van der Waals surface area contributed by atoms with Crippen LogP contribution >= 0.6 is 11.3 Å². The van der Waals surface area contributed by atoms with Crippen LogP contribution in [0.1, 0.15) is 23.0 Å². The van der Waals surface area contributed by atoms with E-state index in [2.05, 4.69) is 15.7 Å². The Kier molecular flexibility index (Phi) is 3.50. The van der Waals surface area contributed by atoms with E-state index in [4.69, 9.17) is 4.74 Å². The van der Waals surface area contributed by atoms with Crippen molar-refractivity contribution >= 4 is 11.3 Å². The van der Waals surface area contributed by atoms with Gasteiger partial charge in [-0.25, -0.2) is 4.98 Å². The number of rotatable bonds is 4. The Balaban J connectivity index is 1.94. The van der Waals surface area contributed by atoms with Crippen LogP contribution in [0.4, 0.5) is 0 Å². The molecule has 0 aliphatic carbocycles. The third kappa shape index (κ3) is 2.32. The molecule has 1 fully saturated rings. The van der Waals surface area contributed by atoms with E-state index < -0.39 is 0 Å². The third-order valence-electron chi connectivity index (χ3n) is 2.51. The highest BCUT2D eigenvalue weighted by Gasteiger charge is 2.20. The smallest absolute Gasteiger partial charge is 0.0941 e. The Labute approximate surface area is 88.5 Å². The molecule has 14 heavy (non-hydrogen) atoms. The molecule has 0 spiro atoms. The first-order valence-electron chi connectivity index (χ1n) is 5.07. The molecule has 1 unspecified atom stereocenters. The molecule has 78 valence electrons. The Bertz CT molecular complexity index is 281. The van der Waals surface area contributed by atoms with Crippen molar-refractivity contribution in [1.82, 2.24) is 10.3 Å². The lowest BCUT2D eigenvalue weighted by Gasteiger charge is -2.01. The van der Waals surface area contributed by atoms with Crippen LogP contribution in [0.3, 0.4) is 0 Å². The van der Waals surface area contributed by atoms with Gasteiger partial charge in [0.2, 0.25) is 0 Å². The number of aromatic nitrogens is 1. The number of ether oxygens (including phenoxy) is 1. The van der Waals surface area contributed by atoms with Gasteiger partial charge in [-0.05, 0) is 13.5 Å². The molecule has 1 aromatic heterocycles. The summed E-state index contributed by atoms with van der Waals surface area (Å²) in [4.78, 5) is 4.63. The molecule has 1 aliphatic heterocycles. The van der Waals surface area contributed by atoms with Crippen molar-refractivity contribution < 1.29 is 4.74 Å². The summed E-state index contributed by atoms with van der Waals surface area (Å²) in [7, 11) is 1.97. The monoisotopic (exact) mass is 212 g/mol. The maximum Gasteiger partial charge on any atom is 0.0941 e. The lowest BCUT2D eigenvalue weighted by atomic mass is 10.1. The normalized spacial score (nSPS) is 21.6. The Morgan fingerprint density at radius 1 is 1.71 bits per heavy atom. The van der Waals surface area contributed by atoms with E-state index in [1.807, 2.05) is 7.05 Å². The second-order valence-electron chi connectivity index (χ2n) is 3.58. The largest absolute Gasteiger partial charge is 0.381 e. The predicted molar refractivity (Wildman–Crippen MR) is 57.9 cm³/mol. The number of thiazole rings is 1. The second-order valence-corrected chi connectivity index (χ2v) is 4.52. The minimum atomic E-state index is 0.551. The maximum absolute atomic E-state index is 5.35. The van der Waals surface area contributed by atoms with Crippen LogP contribution in [0.25, 0.3) is 0 Å². The molecule has 1 aliphatic rings. The summed E-state index contributed by atoms with van der Waals surface area (Å²) < 4.78 is 5.35. The van der Waals surface area contributed by atoms with E-state index in [1.54, 1.807) is 11.3 Å². The fourth-order valence-electron chi connectivity index (χ4n) is 1.63. The molecule has 1 N–H and O–H groups in total. The minimum absolute atomic E-state index is 0.551. The summed E-state index contributed by atoms with van der Waals surface area (Å²) >= 11 is 1.77. The molecule has 0 bridgehead atoms. The standard InChI is InChI=1S/C10H16N2OS/c1-11-4-2-10-12-9(7-14-10)8-3-5-13-6-8/h7-8,11H,2-6H2,1H3. The zero-order chi connectivity index (χ0) is 9.80. The molecule has 3 nitrogen and oxygen atoms in total. The van der Waals surface area contributed by atoms with Gasteiger partial charge < -0.3 is 10.1 Å². The van der Waals surface area contributed by atoms with Gasteiger partial charge in [0.25, 0.3) is 0 Å². The van der Waals surface area contributed by atoms with E-state index in [1.165, 1.54) is 10.7 Å². The van der Waals surface area contributed by atoms with Gasteiger partial charge in [-0.2, -0.15) is 0 Å². The maximum atomic E-state index is 5.35. The molecule has 0 saturated carbocycles. The third-order valence-corrected chi connectivity index (χ3v) is 3.43. The van der Waals surface area contributed by atoms with Crippen molar-refractivity contribution in [2.45, 2.75) is 18.8 Å². The Morgan fingerprint density at radius 2 is 2.64 bits per heavy atom.